The third kappa shape index (κ3) is 4.97. The first-order valence-corrected chi connectivity index (χ1v) is 9.59. The molecule has 1 saturated carbocycles. The highest BCUT2D eigenvalue weighted by Crippen LogP contribution is 2.29. The molecule has 0 aliphatic heterocycles. The first-order chi connectivity index (χ1) is 12.8. The largest absolute Gasteiger partial charge is 0.340 e. The van der Waals surface area contributed by atoms with Gasteiger partial charge in [0, 0.05) is 29.0 Å². The molecule has 26 heavy (non-hydrogen) atoms. The van der Waals surface area contributed by atoms with Gasteiger partial charge in [0.25, 0.3) is 0 Å². The van der Waals surface area contributed by atoms with Crippen LogP contribution in [0.5, 0.6) is 0 Å². The molecular weight excluding hydrogens is 342 g/mol. The Morgan fingerprint density at radius 3 is 2.42 bits per heavy atom. The number of hydrogen-bond donors (Lipinski definition) is 3. The molecule has 1 aromatic heterocycles. The topological polar surface area (TPSA) is 61.9 Å². The van der Waals surface area contributed by atoms with E-state index in [2.05, 4.69) is 37.5 Å². The second-order valence-electron chi connectivity index (χ2n) is 6.30. The number of aromatic nitrogens is 2. The molecular formula is C20H21N5S. The third-order valence-corrected chi connectivity index (χ3v) is 4.89. The Hall–Kier alpha value is -2.57. The van der Waals surface area contributed by atoms with Crippen LogP contribution in [0.4, 0.5) is 23.1 Å². The number of rotatable bonds is 8. The molecule has 0 amide bonds. The lowest BCUT2D eigenvalue weighted by atomic mass is 10.3. The molecule has 0 radical (unpaired) electrons. The van der Waals surface area contributed by atoms with E-state index in [-0.39, 0.29) is 0 Å². The van der Waals surface area contributed by atoms with E-state index in [0.29, 0.717) is 5.95 Å². The monoisotopic (exact) mass is 363 g/mol. The lowest BCUT2D eigenvalue weighted by Gasteiger charge is -2.09. The van der Waals surface area contributed by atoms with Gasteiger partial charge in [-0.25, -0.2) is 4.98 Å². The number of para-hydroxylation sites is 1. The van der Waals surface area contributed by atoms with Gasteiger partial charge in [-0.3, -0.25) is 4.72 Å². The van der Waals surface area contributed by atoms with Crippen molar-refractivity contribution in [2.45, 2.75) is 17.7 Å². The van der Waals surface area contributed by atoms with Crippen molar-refractivity contribution < 1.29 is 0 Å². The van der Waals surface area contributed by atoms with Gasteiger partial charge in [-0.15, -0.1) is 0 Å². The van der Waals surface area contributed by atoms with Crippen molar-refractivity contribution in [2.75, 3.05) is 17.2 Å². The fraction of sp³-hybridized carbons (Fsp3) is 0.200. The minimum absolute atomic E-state index is 0.568. The molecule has 2 aromatic carbocycles. The summed E-state index contributed by atoms with van der Waals surface area (Å²) in [6, 6.07) is 20.1. The van der Waals surface area contributed by atoms with Crippen LogP contribution in [0.15, 0.2) is 71.8 Å². The zero-order valence-corrected chi connectivity index (χ0v) is 15.2. The Kier molecular flexibility index (Phi) is 5.33. The van der Waals surface area contributed by atoms with Crippen LogP contribution in [0, 0.1) is 5.92 Å². The maximum absolute atomic E-state index is 4.51. The average Bonchev–Trinajstić information content (AvgIpc) is 3.49. The first-order valence-electron chi connectivity index (χ1n) is 8.77. The van der Waals surface area contributed by atoms with Crippen LogP contribution in [-0.2, 0) is 0 Å². The molecule has 1 aliphatic carbocycles. The zero-order chi connectivity index (χ0) is 17.6. The highest BCUT2D eigenvalue weighted by atomic mass is 32.2. The number of nitrogens with zero attached hydrogens (tertiary/aromatic N) is 2. The standard InChI is InChI=1S/C20H21N5S/c1-2-4-16(5-3-1)23-19-12-13-21-20(25-19)24-17-8-10-18(11-9-17)26-22-14-15-6-7-15/h1-5,8-13,15,22H,6-7,14H2,(H2,21,23,24,25). The lowest BCUT2D eigenvalue weighted by Crippen LogP contribution is -2.06. The highest BCUT2D eigenvalue weighted by molar-refractivity contribution is 7.97. The minimum atomic E-state index is 0.568. The van der Waals surface area contributed by atoms with Crippen LogP contribution in [0.2, 0.25) is 0 Å². The Labute approximate surface area is 157 Å². The molecule has 5 nitrogen and oxygen atoms in total. The average molecular weight is 363 g/mol. The van der Waals surface area contributed by atoms with Gasteiger partial charge in [0.1, 0.15) is 5.82 Å². The summed E-state index contributed by atoms with van der Waals surface area (Å²) in [5.41, 5.74) is 1.96. The predicted octanol–water partition coefficient (Wildman–Crippen LogP) is 4.97. The molecule has 1 aliphatic rings. The number of anilines is 4. The lowest BCUT2D eigenvalue weighted by molar-refractivity contribution is 0.802. The van der Waals surface area contributed by atoms with Gasteiger partial charge in [0.15, 0.2) is 0 Å². The van der Waals surface area contributed by atoms with Crippen molar-refractivity contribution in [2.24, 2.45) is 5.92 Å². The molecule has 0 bridgehead atoms. The van der Waals surface area contributed by atoms with E-state index in [9.17, 15) is 0 Å². The van der Waals surface area contributed by atoms with E-state index in [0.717, 1.165) is 29.7 Å². The molecule has 6 heteroatoms. The second kappa shape index (κ2) is 8.21. The normalized spacial score (nSPS) is 13.4. The fourth-order valence-corrected chi connectivity index (χ4v) is 3.22. The van der Waals surface area contributed by atoms with Crippen LogP contribution in [0.3, 0.4) is 0 Å². The van der Waals surface area contributed by atoms with Crippen LogP contribution in [-0.4, -0.2) is 16.5 Å². The maximum atomic E-state index is 4.51. The summed E-state index contributed by atoms with van der Waals surface area (Å²) in [7, 11) is 0. The van der Waals surface area contributed by atoms with Crippen LogP contribution in [0.25, 0.3) is 0 Å². The second-order valence-corrected chi connectivity index (χ2v) is 7.26. The van der Waals surface area contributed by atoms with Crippen LogP contribution in [0.1, 0.15) is 12.8 Å². The van der Waals surface area contributed by atoms with Gasteiger partial charge in [-0.1, -0.05) is 18.2 Å². The van der Waals surface area contributed by atoms with Gasteiger partial charge < -0.3 is 10.6 Å². The van der Waals surface area contributed by atoms with Gasteiger partial charge in [-0.2, -0.15) is 4.98 Å². The van der Waals surface area contributed by atoms with Crippen molar-refractivity contribution in [3.63, 3.8) is 0 Å². The number of nitrogens with one attached hydrogen (secondary N) is 3. The molecule has 132 valence electrons. The van der Waals surface area contributed by atoms with Gasteiger partial charge in [0.05, 0.1) is 0 Å². The molecule has 0 saturated heterocycles. The summed E-state index contributed by atoms with van der Waals surface area (Å²) >= 11 is 1.69. The Bertz CT molecular complexity index is 834. The summed E-state index contributed by atoms with van der Waals surface area (Å²) in [5, 5.41) is 6.52. The number of benzene rings is 2. The summed E-state index contributed by atoms with van der Waals surface area (Å²) in [6.07, 6.45) is 4.48. The Morgan fingerprint density at radius 2 is 1.65 bits per heavy atom. The van der Waals surface area contributed by atoms with Gasteiger partial charge in [-0.05, 0) is 73.2 Å². The molecule has 0 unspecified atom stereocenters. The van der Waals surface area contributed by atoms with E-state index >= 15 is 0 Å². The maximum Gasteiger partial charge on any atom is 0.229 e. The van der Waals surface area contributed by atoms with E-state index in [1.807, 2.05) is 48.5 Å². The highest BCUT2D eigenvalue weighted by Gasteiger charge is 2.20. The fourth-order valence-electron chi connectivity index (χ4n) is 2.46. The van der Waals surface area contributed by atoms with Crippen molar-refractivity contribution in [1.82, 2.24) is 14.7 Å². The zero-order valence-electron chi connectivity index (χ0n) is 14.4. The molecule has 0 atom stereocenters. The summed E-state index contributed by atoms with van der Waals surface area (Å²) in [4.78, 5) is 10.0. The number of hydrogen-bond acceptors (Lipinski definition) is 6. The first kappa shape index (κ1) is 16.9. The molecule has 1 heterocycles. The Balaban J connectivity index is 1.35. The predicted molar refractivity (Wildman–Crippen MR) is 108 cm³/mol. The van der Waals surface area contributed by atoms with E-state index in [4.69, 9.17) is 0 Å². The van der Waals surface area contributed by atoms with Crippen molar-refractivity contribution in [3.05, 3.63) is 66.9 Å². The Morgan fingerprint density at radius 1 is 0.885 bits per heavy atom. The molecule has 4 rings (SSSR count). The summed E-state index contributed by atoms with van der Waals surface area (Å²) in [6.45, 7) is 1.10. The summed E-state index contributed by atoms with van der Waals surface area (Å²) in [5.74, 6) is 2.21. The van der Waals surface area contributed by atoms with Crippen LogP contribution < -0.4 is 15.4 Å². The smallest absolute Gasteiger partial charge is 0.229 e. The van der Waals surface area contributed by atoms with Crippen molar-refractivity contribution in [1.29, 1.82) is 0 Å². The molecule has 3 N–H and O–H groups in total. The minimum Gasteiger partial charge on any atom is -0.340 e. The van der Waals surface area contributed by atoms with Crippen molar-refractivity contribution >= 4 is 35.1 Å². The third-order valence-electron chi connectivity index (χ3n) is 4.07. The quantitative estimate of drug-likeness (QED) is 0.491. The molecule has 1 fully saturated rings. The van der Waals surface area contributed by atoms with E-state index in [1.54, 1.807) is 18.1 Å². The van der Waals surface area contributed by atoms with Crippen molar-refractivity contribution in [3.8, 4) is 0 Å². The van der Waals surface area contributed by atoms with Gasteiger partial charge >= 0.3 is 0 Å². The van der Waals surface area contributed by atoms with E-state index in [1.165, 1.54) is 17.7 Å². The van der Waals surface area contributed by atoms with E-state index < -0.39 is 0 Å². The van der Waals surface area contributed by atoms with Gasteiger partial charge in [0.2, 0.25) is 5.95 Å². The summed E-state index contributed by atoms with van der Waals surface area (Å²) < 4.78 is 3.43. The SMILES string of the molecule is c1ccc(Nc2ccnc(Nc3ccc(SNCC4CC4)cc3)n2)cc1. The molecule has 3 aromatic rings. The molecule has 0 spiro atoms. The van der Waals surface area contributed by atoms with Crippen LogP contribution >= 0.6 is 11.9 Å².